The summed E-state index contributed by atoms with van der Waals surface area (Å²) in [4.78, 5) is 3.46. The first kappa shape index (κ1) is 18.9. The zero-order valence-corrected chi connectivity index (χ0v) is 16.3. The standard InChI is InChI=1S/C19H27N3S2/c1-4-15-8-10-16(11-9-15)18(17-7-5-14-24-17)21-19(23)20-12-6-13-22(2)3/h5,7-11,14,18H,4,6,12-13H2,1-3H3,(H2,20,21,23)/t18-/m1/s1. The fourth-order valence-electron chi connectivity index (χ4n) is 2.50. The van der Waals surface area contributed by atoms with E-state index < -0.39 is 0 Å². The van der Waals surface area contributed by atoms with E-state index in [-0.39, 0.29) is 6.04 Å². The Balaban J connectivity index is 2.00. The van der Waals surface area contributed by atoms with Crippen LogP contribution in [0.25, 0.3) is 0 Å². The molecule has 1 heterocycles. The maximum atomic E-state index is 5.50. The van der Waals surface area contributed by atoms with E-state index in [9.17, 15) is 0 Å². The number of hydrogen-bond acceptors (Lipinski definition) is 3. The maximum absolute atomic E-state index is 5.50. The number of nitrogens with zero attached hydrogens (tertiary/aromatic N) is 1. The molecule has 24 heavy (non-hydrogen) atoms. The molecule has 1 aromatic carbocycles. The second-order valence-corrected chi connectivity index (χ2v) is 7.49. The van der Waals surface area contributed by atoms with Crippen molar-refractivity contribution in [2.75, 3.05) is 27.2 Å². The molecular formula is C19H27N3S2. The molecule has 0 aliphatic rings. The minimum atomic E-state index is 0.102. The van der Waals surface area contributed by atoms with E-state index in [1.165, 1.54) is 16.0 Å². The summed E-state index contributed by atoms with van der Waals surface area (Å²) in [6.45, 7) is 4.12. The van der Waals surface area contributed by atoms with Crippen molar-refractivity contribution in [2.45, 2.75) is 25.8 Å². The quantitative estimate of drug-likeness (QED) is 0.552. The Kier molecular flexibility index (Phi) is 7.69. The third-order valence-corrected chi connectivity index (χ3v) is 5.09. The monoisotopic (exact) mass is 361 g/mol. The molecule has 0 saturated carbocycles. The van der Waals surface area contributed by atoms with Crippen molar-refractivity contribution < 1.29 is 0 Å². The number of thiophene rings is 1. The van der Waals surface area contributed by atoms with Gasteiger partial charge in [0.2, 0.25) is 0 Å². The van der Waals surface area contributed by atoms with Gasteiger partial charge in [0, 0.05) is 11.4 Å². The van der Waals surface area contributed by atoms with Crippen LogP contribution in [0.2, 0.25) is 0 Å². The third kappa shape index (κ3) is 5.89. The Morgan fingerprint density at radius 1 is 1.21 bits per heavy atom. The molecular weight excluding hydrogens is 334 g/mol. The fourth-order valence-corrected chi connectivity index (χ4v) is 3.52. The number of aryl methyl sites for hydroxylation is 1. The molecule has 0 aliphatic heterocycles. The van der Waals surface area contributed by atoms with Crippen LogP contribution in [0, 0.1) is 0 Å². The lowest BCUT2D eigenvalue weighted by Gasteiger charge is -2.21. The zero-order chi connectivity index (χ0) is 17.4. The van der Waals surface area contributed by atoms with Crippen LogP contribution < -0.4 is 10.6 Å². The highest BCUT2D eigenvalue weighted by atomic mass is 32.1. The van der Waals surface area contributed by atoms with Crippen molar-refractivity contribution in [1.82, 2.24) is 15.5 Å². The second kappa shape index (κ2) is 9.77. The summed E-state index contributed by atoms with van der Waals surface area (Å²) in [5, 5.41) is 9.62. The summed E-state index contributed by atoms with van der Waals surface area (Å²) >= 11 is 7.25. The van der Waals surface area contributed by atoms with Crippen molar-refractivity contribution in [3.05, 3.63) is 57.8 Å². The van der Waals surface area contributed by atoms with Gasteiger partial charge in [-0.15, -0.1) is 11.3 Å². The first-order valence-corrected chi connectivity index (χ1v) is 9.70. The molecule has 2 N–H and O–H groups in total. The molecule has 130 valence electrons. The number of rotatable bonds is 8. The predicted molar refractivity (Wildman–Crippen MR) is 109 cm³/mol. The van der Waals surface area contributed by atoms with Crippen LogP contribution in [0.1, 0.15) is 35.4 Å². The topological polar surface area (TPSA) is 27.3 Å². The molecule has 0 aliphatic carbocycles. The van der Waals surface area contributed by atoms with Gasteiger partial charge in [-0.1, -0.05) is 37.3 Å². The lowest BCUT2D eigenvalue weighted by atomic mass is 10.0. The first-order valence-electron chi connectivity index (χ1n) is 8.41. The summed E-state index contributed by atoms with van der Waals surface area (Å²) in [5.41, 5.74) is 2.60. The average Bonchev–Trinajstić information content (AvgIpc) is 3.11. The van der Waals surface area contributed by atoms with Crippen molar-refractivity contribution in [3.8, 4) is 0 Å². The van der Waals surface area contributed by atoms with Crippen molar-refractivity contribution in [2.24, 2.45) is 0 Å². The Morgan fingerprint density at radius 2 is 1.96 bits per heavy atom. The van der Waals surface area contributed by atoms with E-state index in [0.29, 0.717) is 5.11 Å². The third-order valence-electron chi connectivity index (χ3n) is 3.89. The van der Waals surface area contributed by atoms with E-state index in [4.69, 9.17) is 12.2 Å². The molecule has 5 heteroatoms. The smallest absolute Gasteiger partial charge is 0.167 e. The number of benzene rings is 1. The van der Waals surface area contributed by atoms with Gasteiger partial charge >= 0.3 is 0 Å². The highest BCUT2D eigenvalue weighted by Crippen LogP contribution is 2.26. The van der Waals surface area contributed by atoms with Crippen LogP contribution in [0.3, 0.4) is 0 Å². The zero-order valence-electron chi connectivity index (χ0n) is 14.7. The van der Waals surface area contributed by atoms with Gasteiger partial charge in [0.25, 0.3) is 0 Å². The van der Waals surface area contributed by atoms with E-state index in [1.807, 2.05) is 0 Å². The molecule has 0 unspecified atom stereocenters. The normalized spacial score (nSPS) is 12.2. The van der Waals surface area contributed by atoms with E-state index in [1.54, 1.807) is 11.3 Å². The average molecular weight is 362 g/mol. The number of hydrogen-bond donors (Lipinski definition) is 2. The molecule has 0 saturated heterocycles. The van der Waals surface area contributed by atoms with Gasteiger partial charge in [-0.25, -0.2) is 0 Å². The van der Waals surface area contributed by atoms with Gasteiger partial charge in [-0.05, 0) is 68.3 Å². The molecule has 0 bridgehead atoms. The molecule has 0 spiro atoms. The Bertz CT molecular complexity index is 606. The Hall–Kier alpha value is -1.43. The van der Waals surface area contributed by atoms with Crippen LogP contribution in [-0.4, -0.2) is 37.2 Å². The van der Waals surface area contributed by atoms with Gasteiger partial charge in [-0.3, -0.25) is 0 Å². The Labute approximate surface area is 155 Å². The summed E-state index contributed by atoms with van der Waals surface area (Å²) in [5.74, 6) is 0. The molecule has 0 amide bonds. The fraction of sp³-hybridized carbons (Fsp3) is 0.421. The van der Waals surface area contributed by atoms with E-state index in [0.717, 1.165) is 25.9 Å². The van der Waals surface area contributed by atoms with Crippen molar-refractivity contribution in [1.29, 1.82) is 0 Å². The van der Waals surface area contributed by atoms with Gasteiger partial charge in [0.05, 0.1) is 6.04 Å². The van der Waals surface area contributed by atoms with Crippen molar-refractivity contribution >= 4 is 28.7 Å². The lowest BCUT2D eigenvalue weighted by molar-refractivity contribution is 0.400. The largest absolute Gasteiger partial charge is 0.363 e. The second-order valence-electron chi connectivity index (χ2n) is 6.10. The summed E-state index contributed by atoms with van der Waals surface area (Å²) in [7, 11) is 4.17. The number of nitrogens with one attached hydrogen (secondary N) is 2. The maximum Gasteiger partial charge on any atom is 0.167 e. The number of thiocarbonyl (C=S) groups is 1. The summed E-state index contributed by atoms with van der Waals surface area (Å²) in [6, 6.07) is 13.1. The lowest BCUT2D eigenvalue weighted by Crippen LogP contribution is -2.38. The van der Waals surface area contributed by atoms with E-state index in [2.05, 4.69) is 78.3 Å². The van der Waals surface area contributed by atoms with Crippen molar-refractivity contribution in [3.63, 3.8) is 0 Å². The van der Waals surface area contributed by atoms with Gasteiger partial charge in [0.15, 0.2) is 5.11 Å². The van der Waals surface area contributed by atoms with Gasteiger partial charge < -0.3 is 15.5 Å². The highest BCUT2D eigenvalue weighted by molar-refractivity contribution is 7.80. The molecule has 2 rings (SSSR count). The molecule has 0 radical (unpaired) electrons. The first-order chi connectivity index (χ1) is 11.6. The molecule has 1 atom stereocenters. The van der Waals surface area contributed by atoms with Crippen LogP contribution >= 0.6 is 23.6 Å². The SMILES string of the molecule is CCc1ccc([C@@H](NC(=S)NCCCN(C)C)c2cccs2)cc1. The van der Waals surface area contributed by atoms with Gasteiger partial charge in [-0.2, -0.15) is 0 Å². The molecule has 0 fully saturated rings. The molecule has 2 aromatic rings. The minimum absolute atomic E-state index is 0.102. The van der Waals surface area contributed by atoms with Crippen LogP contribution in [0.4, 0.5) is 0 Å². The minimum Gasteiger partial charge on any atom is -0.363 e. The molecule has 1 aromatic heterocycles. The van der Waals surface area contributed by atoms with Crippen LogP contribution in [-0.2, 0) is 6.42 Å². The van der Waals surface area contributed by atoms with Crippen LogP contribution in [0.5, 0.6) is 0 Å². The predicted octanol–water partition coefficient (Wildman–Crippen LogP) is 3.82. The van der Waals surface area contributed by atoms with E-state index >= 15 is 0 Å². The van der Waals surface area contributed by atoms with Crippen LogP contribution in [0.15, 0.2) is 41.8 Å². The molecule has 3 nitrogen and oxygen atoms in total. The Morgan fingerprint density at radius 3 is 2.54 bits per heavy atom. The highest BCUT2D eigenvalue weighted by Gasteiger charge is 2.16. The van der Waals surface area contributed by atoms with Gasteiger partial charge in [0.1, 0.15) is 0 Å². The summed E-state index contributed by atoms with van der Waals surface area (Å²) < 4.78 is 0. The summed E-state index contributed by atoms with van der Waals surface area (Å²) in [6.07, 6.45) is 2.13.